The highest BCUT2D eigenvalue weighted by atomic mass is 16.5. The van der Waals surface area contributed by atoms with Gasteiger partial charge in [-0.1, -0.05) is 27.7 Å². The Hall–Kier alpha value is -0.770. The van der Waals surface area contributed by atoms with Crippen molar-refractivity contribution < 1.29 is 9.53 Å². The van der Waals surface area contributed by atoms with Gasteiger partial charge in [0.1, 0.15) is 0 Å². The lowest BCUT2D eigenvalue weighted by molar-refractivity contribution is -0.0611. The lowest BCUT2D eigenvalue weighted by Crippen LogP contribution is -2.50. The Labute approximate surface area is 117 Å². The summed E-state index contributed by atoms with van der Waals surface area (Å²) in [5, 5.41) is 6.04. The van der Waals surface area contributed by atoms with Gasteiger partial charge < -0.3 is 15.4 Å². The van der Waals surface area contributed by atoms with Crippen molar-refractivity contribution in [3.05, 3.63) is 0 Å². The second-order valence-corrected chi connectivity index (χ2v) is 7.27. The molecule has 0 aromatic heterocycles. The van der Waals surface area contributed by atoms with E-state index in [2.05, 4.69) is 52.2 Å². The largest absolute Gasteiger partial charge is 0.375 e. The molecule has 0 bridgehead atoms. The molecule has 0 saturated carbocycles. The minimum absolute atomic E-state index is 0.0589. The Morgan fingerprint density at radius 1 is 1.42 bits per heavy atom. The first kappa shape index (κ1) is 16.3. The molecule has 0 aromatic rings. The summed E-state index contributed by atoms with van der Waals surface area (Å²) in [6.07, 6.45) is 1.76. The standard InChI is InChI=1S/C15H30N2O2/c1-11(2)14(3,4)10-16-13(18)17-12-7-8-19-15(5,6)9-12/h11-12H,7-10H2,1-6H3,(H2,16,17,18)/t12-/m0/s1. The van der Waals surface area contributed by atoms with Crippen molar-refractivity contribution in [2.75, 3.05) is 13.2 Å². The van der Waals surface area contributed by atoms with Crippen LogP contribution in [0.3, 0.4) is 0 Å². The van der Waals surface area contributed by atoms with Gasteiger partial charge in [-0.25, -0.2) is 4.79 Å². The molecule has 1 aliphatic rings. The average molecular weight is 270 g/mol. The number of hydrogen-bond donors (Lipinski definition) is 2. The topological polar surface area (TPSA) is 50.4 Å². The monoisotopic (exact) mass is 270 g/mol. The van der Waals surface area contributed by atoms with Crippen LogP contribution < -0.4 is 10.6 Å². The van der Waals surface area contributed by atoms with Crippen molar-refractivity contribution in [2.24, 2.45) is 11.3 Å². The lowest BCUT2D eigenvalue weighted by atomic mass is 9.81. The number of rotatable bonds is 4. The number of carbonyl (C=O) groups excluding carboxylic acids is 1. The highest BCUT2D eigenvalue weighted by Crippen LogP contribution is 2.25. The number of hydrogen-bond acceptors (Lipinski definition) is 2. The Morgan fingerprint density at radius 3 is 2.58 bits per heavy atom. The molecule has 2 N–H and O–H groups in total. The molecule has 0 spiro atoms. The van der Waals surface area contributed by atoms with E-state index in [4.69, 9.17) is 4.74 Å². The maximum Gasteiger partial charge on any atom is 0.315 e. The molecule has 1 heterocycles. The van der Waals surface area contributed by atoms with Gasteiger partial charge in [0.25, 0.3) is 0 Å². The van der Waals surface area contributed by atoms with Gasteiger partial charge in [0.05, 0.1) is 5.60 Å². The summed E-state index contributed by atoms with van der Waals surface area (Å²) in [7, 11) is 0. The zero-order chi connectivity index (χ0) is 14.7. The maximum absolute atomic E-state index is 11.9. The summed E-state index contributed by atoms with van der Waals surface area (Å²) in [5.74, 6) is 0.537. The van der Waals surface area contributed by atoms with E-state index in [9.17, 15) is 4.79 Å². The Kier molecular flexibility index (Phi) is 5.25. The molecule has 0 aromatic carbocycles. The van der Waals surface area contributed by atoms with E-state index in [-0.39, 0.29) is 23.1 Å². The van der Waals surface area contributed by atoms with Gasteiger partial charge in [0, 0.05) is 19.2 Å². The van der Waals surface area contributed by atoms with E-state index in [1.54, 1.807) is 0 Å². The van der Waals surface area contributed by atoms with E-state index >= 15 is 0 Å². The minimum Gasteiger partial charge on any atom is -0.375 e. The highest BCUT2D eigenvalue weighted by Gasteiger charge is 2.30. The molecule has 1 rings (SSSR count). The van der Waals surface area contributed by atoms with E-state index < -0.39 is 0 Å². The van der Waals surface area contributed by atoms with Crippen molar-refractivity contribution >= 4 is 6.03 Å². The number of amides is 2. The van der Waals surface area contributed by atoms with Gasteiger partial charge in [-0.2, -0.15) is 0 Å². The Morgan fingerprint density at radius 2 is 2.05 bits per heavy atom. The summed E-state index contributed by atoms with van der Waals surface area (Å²) in [6.45, 7) is 14.3. The van der Waals surface area contributed by atoms with Crippen LogP contribution in [0.2, 0.25) is 0 Å². The average Bonchev–Trinajstić information content (AvgIpc) is 2.25. The molecule has 19 heavy (non-hydrogen) atoms. The van der Waals surface area contributed by atoms with Crippen LogP contribution in [-0.2, 0) is 4.74 Å². The molecule has 1 aliphatic heterocycles. The third kappa shape index (κ3) is 5.39. The molecular formula is C15H30N2O2. The van der Waals surface area contributed by atoms with E-state index in [1.807, 2.05) is 0 Å². The second-order valence-electron chi connectivity index (χ2n) is 7.27. The van der Waals surface area contributed by atoms with Gasteiger partial charge >= 0.3 is 6.03 Å². The first-order chi connectivity index (χ1) is 8.62. The first-order valence-corrected chi connectivity index (χ1v) is 7.31. The SMILES string of the molecule is CC(C)C(C)(C)CNC(=O)N[C@H]1CCOC(C)(C)C1. The van der Waals surface area contributed by atoms with Crippen molar-refractivity contribution in [2.45, 2.75) is 66.0 Å². The molecule has 1 saturated heterocycles. The van der Waals surface area contributed by atoms with E-state index in [1.165, 1.54) is 0 Å². The fraction of sp³-hybridized carbons (Fsp3) is 0.933. The van der Waals surface area contributed by atoms with Gasteiger partial charge in [-0.05, 0) is 38.0 Å². The van der Waals surface area contributed by atoms with Crippen LogP contribution in [0.5, 0.6) is 0 Å². The van der Waals surface area contributed by atoms with Crippen molar-refractivity contribution in [1.29, 1.82) is 0 Å². The van der Waals surface area contributed by atoms with Gasteiger partial charge in [0.15, 0.2) is 0 Å². The number of ether oxygens (including phenoxy) is 1. The molecule has 2 amide bonds. The molecular weight excluding hydrogens is 240 g/mol. The zero-order valence-electron chi connectivity index (χ0n) is 13.3. The first-order valence-electron chi connectivity index (χ1n) is 7.31. The van der Waals surface area contributed by atoms with Gasteiger partial charge in [-0.15, -0.1) is 0 Å². The quantitative estimate of drug-likeness (QED) is 0.825. The van der Waals surface area contributed by atoms with Crippen LogP contribution >= 0.6 is 0 Å². The third-order valence-electron chi connectivity index (χ3n) is 4.30. The predicted molar refractivity (Wildman–Crippen MR) is 78.2 cm³/mol. The summed E-state index contributed by atoms with van der Waals surface area (Å²) in [6, 6.07) is 0.155. The van der Waals surface area contributed by atoms with E-state index in [0.29, 0.717) is 12.5 Å². The fourth-order valence-corrected chi connectivity index (χ4v) is 2.10. The summed E-state index contributed by atoms with van der Waals surface area (Å²) in [5.41, 5.74) is -0.0142. The minimum atomic E-state index is -0.132. The van der Waals surface area contributed by atoms with Crippen LogP contribution in [0, 0.1) is 11.3 Å². The maximum atomic E-state index is 11.9. The molecule has 0 unspecified atom stereocenters. The molecule has 0 aliphatic carbocycles. The molecule has 4 heteroatoms. The Balaban J connectivity index is 2.35. The van der Waals surface area contributed by atoms with Gasteiger partial charge in [-0.3, -0.25) is 0 Å². The lowest BCUT2D eigenvalue weighted by Gasteiger charge is -2.36. The molecule has 1 fully saturated rings. The number of urea groups is 1. The normalized spacial score (nSPS) is 23.2. The van der Waals surface area contributed by atoms with Crippen LogP contribution in [0.1, 0.15) is 54.4 Å². The van der Waals surface area contributed by atoms with Crippen LogP contribution in [0.4, 0.5) is 4.79 Å². The fourth-order valence-electron chi connectivity index (χ4n) is 2.10. The Bertz CT molecular complexity index is 311. The molecule has 4 nitrogen and oxygen atoms in total. The van der Waals surface area contributed by atoms with Crippen molar-refractivity contribution in [3.63, 3.8) is 0 Å². The highest BCUT2D eigenvalue weighted by molar-refractivity contribution is 5.74. The van der Waals surface area contributed by atoms with Crippen LogP contribution in [0.15, 0.2) is 0 Å². The van der Waals surface area contributed by atoms with Crippen molar-refractivity contribution in [3.8, 4) is 0 Å². The summed E-state index contributed by atoms with van der Waals surface area (Å²) < 4.78 is 5.65. The van der Waals surface area contributed by atoms with Gasteiger partial charge in [0.2, 0.25) is 0 Å². The van der Waals surface area contributed by atoms with Crippen LogP contribution in [-0.4, -0.2) is 30.8 Å². The summed E-state index contributed by atoms with van der Waals surface area (Å²) >= 11 is 0. The smallest absolute Gasteiger partial charge is 0.315 e. The van der Waals surface area contributed by atoms with Crippen LogP contribution in [0.25, 0.3) is 0 Å². The zero-order valence-corrected chi connectivity index (χ0v) is 13.3. The van der Waals surface area contributed by atoms with Crippen molar-refractivity contribution in [1.82, 2.24) is 10.6 Å². The number of carbonyl (C=O) groups is 1. The molecule has 1 atom stereocenters. The van der Waals surface area contributed by atoms with E-state index in [0.717, 1.165) is 19.4 Å². The molecule has 0 radical (unpaired) electrons. The third-order valence-corrected chi connectivity index (χ3v) is 4.30. The second kappa shape index (κ2) is 6.12. The predicted octanol–water partition coefficient (Wildman–Crippen LogP) is 2.93. The number of nitrogens with one attached hydrogen (secondary N) is 2. The molecule has 112 valence electrons. The summed E-state index contributed by atoms with van der Waals surface area (Å²) in [4.78, 5) is 11.9.